The Morgan fingerprint density at radius 3 is 2.40 bits per heavy atom. The maximum Gasteiger partial charge on any atom is 0.0991 e. The highest BCUT2D eigenvalue weighted by atomic mass is 16.5. The fourth-order valence-corrected chi connectivity index (χ4v) is 2.81. The molecule has 108 valence electrons. The van der Waals surface area contributed by atoms with E-state index >= 15 is 0 Å². The Labute approximate surface area is 122 Å². The Morgan fingerprint density at radius 2 is 1.85 bits per heavy atom. The van der Waals surface area contributed by atoms with E-state index in [1.54, 1.807) is 0 Å². The number of hydrogen-bond acceptors (Lipinski definition) is 2. The first-order chi connectivity index (χ1) is 9.72. The Hall–Kier alpha value is -1.33. The molecule has 0 bridgehead atoms. The molecule has 0 radical (unpaired) electrons. The fourth-order valence-electron chi connectivity index (χ4n) is 2.81. The van der Waals surface area contributed by atoms with Crippen LogP contribution in [0.5, 0.6) is 0 Å². The van der Waals surface area contributed by atoms with Crippen LogP contribution in [0.1, 0.15) is 63.0 Å². The summed E-state index contributed by atoms with van der Waals surface area (Å²) in [5, 5.41) is 8.83. The largest absolute Gasteiger partial charge is 0.378 e. The highest BCUT2D eigenvalue weighted by molar-refractivity contribution is 5.33. The smallest absolute Gasteiger partial charge is 0.0991 e. The zero-order valence-electron chi connectivity index (χ0n) is 12.6. The molecule has 1 atom stereocenters. The van der Waals surface area contributed by atoms with Crippen molar-refractivity contribution in [3.63, 3.8) is 0 Å². The highest BCUT2D eigenvalue weighted by Gasteiger charge is 2.23. The number of nitriles is 1. The molecule has 0 heterocycles. The lowest BCUT2D eigenvalue weighted by Gasteiger charge is -2.29. The minimum atomic E-state index is 0.457. The van der Waals surface area contributed by atoms with Crippen LogP contribution >= 0.6 is 0 Å². The van der Waals surface area contributed by atoms with E-state index < -0.39 is 0 Å². The first kappa shape index (κ1) is 15.1. The summed E-state index contributed by atoms with van der Waals surface area (Å²) in [4.78, 5) is 0. The molecule has 1 saturated carbocycles. The molecule has 0 N–H and O–H groups in total. The van der Waals surface area contributed by atoms with Crippen LogP contribution in [-0.2, 0) is 4.74 Å². The summed E-state index contributed by atoms with van der Waals surface area (Å²) in [6.07, 6.45) is 6.40. The van der Waals surface area contributed by atoms with Gasteiger partial charge >= 0.3 is 0 Å². The number of rotatable bonds is 5. The van der Waals surface area contributed by atoms with E-state index in [1.165, 1.54) is 37.7 Å². The predicted octanol–water partition coefficient (Wildman–Crippen LogP) is 4.65. The molecule has 0 amide bonds. The van der Waals surface area contributed by atoms with Crippen molar-refractivity contribution in [3.05, 3.63) is 35.4 Å². The summed E-state index contributed by atoms with van der Waals surface area (Å²) < 4.78 is 6.01. The molecule has 0 spiro atoms. The second kappa shape index (κ2) is 7.45. The predicted molar refractivity (Wildman–Crippen MR) is 81.6 cm³/mol. The molecule has 1 unspecified atom stereocenters. The Balaban J connectivity index is 1.80. The third-order valence-electron chi connectivity index (χ3n) is 4.50. The Bertz CT molecular complexity index is 437. The first-order valence-corrected chi connectivity index (χ1v) is 7.84. The van der Waals surface area contributed by atoms with Gasteiger partial charge in [-0.25, -0.2) is 0 Å². The van der Waals surface area contributed by atoms with E-state index in [1.807, 2.05) is 12.1 Å². The standard InChI is InChI=1S/C18H25NO/c1-3-14(2)13-20-18-10-8-17(9-11-18)16-6-4-15(12-19)5-7-16/h4-7,14,17-18H,3,8-11,13H2,1-2H3. The maximum absolute atomic E-state index is 8.83. The molecule has 0 saturated heterocycles. The summed E-state index contributed by atoms with van der Waals surface area (Å²) in [7, 11) is 0. The van der Waals surface area contributed by atoms with Crippen molar-refractivity contribution >= 4 is 0 Å². The second-order valence-electron chi connectivity index (χ2n) is 6.05. The van der Waals surface area contributed by atoms with E-state index in [0.717, 1.165) is 12.2 Å². The van der Waals surface area contributed by atoms with Crippen molar-refractivity contribution in [1.82, 2.24) is 0 Å². The van der Waals surface area contributed by atoms with E-state index in [2.05, 4.69) is 32.0 Å². The monoisotopic (exact) mass is 271 g/mol. The van der Waals surface area contributed by atoms with E-state index in [4.69, 9.17) is 10.00 Å². The molecule has 1 aliphatic rings. The third-order valence-corrected chi connectivity index (χ3v) is 4.50. The van der Waals surface area contributed by atoms with Crippen LogP contribution < -0.4 is 0 Å². The van der Waals surface area contributed by atoms with Crippen molar-refractivity contribution in [2.45, 2.75) is 58.0 Å². The summed E-state index contributed by atoms with van der Waals surface area (Å²) in [6, 6.07) is 10.3. The molecule has 1 fully saturated rings. The average molecular weight is 271 g/mol. The normalized spacial score (nSPS) is 24.1. The van der Waals surface area contributed by atoms with Gasteiger partial charge in [0.1, 0.15) is 0 Å². The lowest BCUT2D eigenvalue weighted by Crippen LogP contribution is -2.23. The van der Waals surface area contributed by atoms with Crippen LogP contribution in [0.2, 0.25) is 0 Å². The van der Waals surface area contributed by atoms with Crippen molar-refractivity contribution in [2.75, 3.05) is 6.61 Å². The molecule has 2 rings (SSSR count). The van der Waals surface area contributed by atoms with Gasteiger partial charge in [0, 0.05) is 6.61 Å². The van der Waals surface area contributed by atoms with Gasteiger partial charge in [-0.2, -0.15) is 5.26 Å². The van der Waals surface area contributed by atoms with Crippen LogP contribution in [0.15, 0.2) is 24.3 Å². The minimum Gasteiger partial charge on any atom is -0.378 e. The van der Waals surface area contributed by atoms with Gasteiger partial charge < -0.3 is 4.74 Å². The van der Waals surface area contributed by atoms with Gasteiger partial charge in [-0.05, 0) is 55.2 Å². The van der Waals surface area contributed by atoms with E-state index in [0.29, 0.717) is 17.9 Å². The van der Waals surface area contributed by atoms with Gasteiger partial charge in [0.15, 0.2) is 0 Å². The number of nitrogens with zero attached hydrogens (tertiary/aromatic N) is 1. The SMILES string of the molecule is CCC(C)COC1CCC(c2ccc(C#N)cc2)CC1. The zero-order chi connectivity index (χ0) is 14.4. The van der Waals surface area contributed by atoms with Gasteiger partial charge in [0.2, 0.25) is 0 Å². The van der Waals surface area contributed by atoms with Crippen LogP contribution in [0.25, 0.3) is 0 Å². The molecule has 2 heteroatoms. The van der Waals surface area contributed by atoms with Crippen molar-refractivity contribution < 1.29 is 4.74 Å². The fraction of sp³-hybridized carbons (Fsp3) is 0.611. The van der Waals surface area contributed by atoms with E-state index in [9.17, 15) is 0 Å². The molecular weight excluding hydrogens is 246 g/mol. The molecular formula is C18H25NO. The lowest BCUT2D eigenvalue weighted by atomic mass is 9.82. The average Bonchev–Trinajstić information content (AvgIpc) is 2.53. The number of ether oxygens (including phenoxy) is 1. The van der Waals surface area contributed by atoms with E-state index in [-0.39, 0.29) is 0 Å². The number of benzene rings is 1. The quantitative estimate of drug-likeness (QED) is 0.781. The van der Waals surface area contributed by atoms with Crippen LogP contribution in [-0.4, -0.2) is 12.7 Å². The van der Waals surface area contributed by atoms with Gasteiger partial charge in [-0.15, -0.1) is 0 Å². The Kier molecular flexibility index (Phi) is 5.61. The van der Waals surface area contributed by atoms with Crippen molar-refractivity contribution in [2.24, 2.45) is 5.92 Å². The third kappa shape index (κ3) is 4.08. The van der Waals surface area contributed by atoms with Gasteiger partial charge in [0.05, 0.1) is 17.7 Å². The Morgan fingerprint density at radius 1 is 1.20 bits per heavy atom. The maximum atomic E-state index is 8.83. The summed E-state index contributed by atoms with van der Waals surface area (Å²) in [5.41, 5.74) is 2.13. The van der Waals surface area contributed by atoms with Gasteiger partial charge in [-0.1, -0.05) is 32.4 Å². The van der Waals surface area contributed by atoms with Crippen LogP contribution in [0, 0.1) is 17.2 Å². The summed E-state index contributed by atoms with van der Waals surface area (Å²) in [6.45, 7) is 5.38. The zero-order valence-corrected chi connectivity index (χ0v) is 12.6. The summed E-state index contributed by atoms with van der Waals surface area (Å²) >= 11 is 0. The molecule has 1 aliphatic carbocycles. The lowest BCUT2D eigenvalue weighted by molar-refractivity contribution is 0.00706. The van der Waals surface area contributed by atoms with Gasteiger partial charge in [-0.3, -0.25) is 0 Å². The molecule has 0 aromatic heterocycles. The topological polar surface area (TPSA) is 33.0 Å². The first-order valence-electron chi connectivity index (χ1n) is 7.84. The van der Waals surface area contributed by atoms with Crippen molar-refractivity contribution in [1.29, 1.82) is 5.26 Å². The minimum absolute atomic E-state index is 0.457. The second-order valence-corrected chi connectivity index (χ2v) is 6.05. The molecule has 1 aromatic rings. The van der Waals surface area contributed by atoms with Gasteiger partial charge in [0.25, 0.3) is 0 Å². The summed E-state index contributed by atoms with van der Waals surface area (Å²) in [5.74, 6) is 1.32. The van der Waals surface area contributed by atoms with Crippen molar-refractivity contribution in [3.8, 4) is 6.07 Å². The number of hydrogen-bond donors (Lipinski definition) is 0. The van der Waals surface area contributed by atoms with Crippen LogP contribution in [0.4, 0.5) is 0 Å². The molecule has 1 aromatic carbocycles. The molecule has 20 heavy (non-hydrogen) atoms. The molecule has 0 aliphatic heterocycles. The molecule has 2 nitrogen and oxygen atoms in total. The highest BCUT2D eigenvalue weighted by Crippen LogP contribution is 2.34. The van der Waals surface area contributed by atoms with Crippen LogP contribution in [0.3, 0.4) is 0 Å².